The van der Waals surface area contributed by atoms with Crippen LogP contribution >= 0.6 is 11.8 Å². The molecule has 1 aliphatic heterocycles. The van der Waals surface area contributed by atoms with Gasteiger partial charge in [-0.05, 0) is 55.0 Å². The number of rotatable bonds is 10. The molecule has 1 saturated heterocycles. The molecule has 0 saturated carbocycles. The first-order valence-corrected chi connectivity index (χ1v) is 13.8. The zero-order valence-electron chi connectivity index (χ0n) is 18.6. The van der Waals surface area contributed by atoms with Crippen LogP contribution in [0.1, 0.15) is 24.8 Å². The highest BCUT2D eigenvalue weighted by Gasteiger charge is 2.34. The van der Waals surface area contributed by atoms with E-state index in [4.69, 9.17) is 0 Å². The molecule has 2 heterocycles. The van der Waals surface area contributed by atoms with Gasteiger partial charge in [0.25, 0.3) is 0 Å². The number of piperidine rings is 1. The van der Waals surface area contributed by atoms with Gasteiger partial charge in [-0.15, -0.1) is 0 Å². The summed E-state index contributed by atoms with van der Waals surface area (Å²) in [5.74, 6) is -0.332. The van der Waals surface area contributed by atoms with Gasteiger partial charge in [0.1, 0.15) is 6.04 Å². The number of nitrogens with one attached hydrogen (secondary N) is 2. The summed E-state index contributed by atoms with van der Waals surface area (Å²) >= 11 is 1.60. The van der Waals surface area contributed by atoms with Crippen molar-refractivity contribution in [3.63, 3.8) is 0 Å². The molecule has 2 aromatic rings. The Labute approximate surface area is 199 Å². The van der Waals surface area contributed by atoms with Crippen molar-refractivity contribution in [2.45, 2.75) is 36.7 Å². The van der Waals surface area contributed by atoms with Crippen LogP contribution in [0.4, 0.5) is 0 Å². The second kappa shape index (κ2) is 12.2. The number of hydrogen-bond donors (Lipinski definition) is 2. The maximum absolute atomic E-state index is 13.0. The van der Waals surface area contributed by atoms with Gasteiger partial charge >= 0.3 is 0 Å². The first-order valence-electron chi connectivity index (χ1n) is 10.9. The summed E-state index contributed by atoms with van der Waals surface area (Å²) in [6, 6.07) is 11.2. The zero-order chi connectivity index (χ0) is 23.7. The molecule has 0 bridgehead atoms. The van der Waals surface area contributed by atoms with Crippen molar-refractivity contribution in [3.05, 3.63) is 60.4 Å². The number of pyridine rings is 1. The molecule has 0 spiro atoms. The molecule has 2 atom stereocenters. The first kappa shape index (κ1) is 25.2. The molecule has 0 aliphatic carbocycles. The third-order valence-electron chi connectivity index (χ3n) is 5.57. The standard InChI is InChI=1S/C23H30N4O4S2/c1-32-14-11-21(23(29)25-16-18-7-5-12-24-15-18)26-22(28)19-8-6-13-27(17-19)33(30,31)20-9-3-2-4-10-20/h2-5,7,9-10,12,15,19,21H,6,8,11,13-14,16-17H2,1H3,(H,25,29)(H,26,28)/t19?,21-/m0/s1. The number of aromatic nitrogens is 1. The summed E-state index contributed by atoms with van der Waals surface area (Å²) in [6.45, 7) is 0.808. The summed E-state index contributed by atoms with van der Waals surface area (Å²) in [7, 11) is -3.66. The Morgan fingerprint density at radius 2 is 2.00 bits per heavy atom. The van der Waals surface area contributed by atoms with Gasteiger partial charge in [-0.2, -0.15) is 16.1 Å². The molecular formula is C23H30N4O4S2. The van der Waals surface area contributed by atoms with E-state index in [2.05, 4.69) is 15.6 Å². The van der Waals surface area contributed by atoms with E-state index in [0.717, 1.165) is 5.56 Å². The van der Waals surface area contributed by atoms with Crippen LogP contribution in [0.2, 0.25) is 0 Å². The number of nitrogens with zero attached hydrogens (tertiary/aromatic N) is 2. The fourth-order valence-corrected chi connectivity index (χ4v) is 5.74. The van der Waals surface area contributed by atoms with E-state index in [1.165, 1.54) is 4.31 Å². The van der Waals surface area contributed by atoms with E-state index in [-0.39, 0.29) is 23.3 Å². The minimum absolute atomic E-state index is 0.107. The number of amides is 2. The van der Waals surface area contributed by atoms with Gasteiger partial charge in [-0.3, -0.25) is 14.6 Å². The lowest BCUT2D eigenvalue weighted by atomic mass is 9.98. The number of hydrogen-bond acceptors (Lipinski definition) is 6. The summed E-state index contributed by atoms with van der Waals surface area (Å²) in [5.41, 5.74) is 0.870. The normalized spacial score (nSPS) is 17.8. The number of sulfonamides is 1. The van der Waals surface area contributed by atoms with Gasteiger partial charge in [0.05, 0.1) is 10.8 Å². The molecule has 0 radical (unpaired) electrons. The molecule has 1 unspecified atom stereocenters. The van der Waals surface area contributed by atoms with E-state index in [0.29, 0.717) is 38.1 Å². The summed E-state index contributed by atoms with van der Waals surface area (Å²) < 4.78 is 27.3. The highest BCUT2D eigenvalue weighted by molar-refractivity contribution is 7.98. The van der Waals surface area contributed by atoms with Gasteiger partial charge in [0.15, 0.2) is 0 Å². The zero-order valence-corrected chi connectivity index (χ0v) is 20.3. The summed E-state index contributed by atoms with van der Waals surface area (Å²) in [5, 5.41) is 5.73. The van der Waals surface area contributed by atoms with E-state index < -0.39 is 22.0 Å². The second-order valence-corrected chi connectivity index (χ2v) is 10.9. The van der Waals surface area contributed by atoms with Crippen LogP contribution in [0.5, 0.6) is 0 Å². The Morgan fingerprint density at radius 1 is 1.21 bits per heavy atom. The molecule has 3 rings (SSSR count). The summed E-state index contributed by atoms with van der Waals surface area (Å²) in [4.78, 5) is 30.1. The van der Waals surface area contributed by atoms with Crippen LogP contribution in [0.25, 0.3) is 0 Å². The van der Waals surface area contributed by atoms with Crippen molar-refractivity contribution < 1.29 is 18.0 Å². The minimum Gasteiger partial charge on any atom is -0.350 e. The van der Waals surface area contributed by atoms with E-state index >= 15 is 0 Å². The number of benzene rings is 1. The first-order chi connectivity index (χ1) is 15.9. The van der Waals surface area contributed by atoms with Crippen LogP contribution < -0.4 is 10.6 Å². The number of thioether (sulfide) groups is 1. The monoisotopic (exact) mass is 490 g/mol. The lowest BCUT2D eigenvalue weighted by Gasteiger charge is -2.32. The molecule has 8 nitrogen and oxygen atoms in total. The Morgan fingerprint density at radius 3 is 2.70 bits per heavy atom. The van der Waals surface area contributed by atoms with Crippen molar-refractivity contribution in [2.75, 3.05) is 25.1 Å². The average Bonchev–Trinajstić information content (AvgIpc) is 2.86. The van der Waals surface area contributed by atoms with Gasteiger partial charge in [0.2, 0.25) is 21.8 Å². The van der Waals surface area contributed by atoms with Crippen molar-refractivity contribution in [1.29, 1.82) is 0 Å². The van der Waals surface area contributed by atoms with Gasteiger partial charge in [-0.1, -0.05) is 24.3 Å². The third kappa shape index (κ3) is 7.02. The number of carbonyl (C=O) groups is 2. The van der Waals surface area contributed by atoms with Crippen LogP contribution in [0.3, 0.4) is 0 Å². The quantitative estimate of drug-likeness (QED) is 0.528. The molecule has 10 heteroatoms. The minimum atomic E-state index is -3.66. The van der Waals surface area contributed by atoms with E-state index in [1.54, 1.807) is 60.6 Å². The molecule has 1 fully saturated rings. The van der Waals surface area contributed by atoms with Crippen molar-refractivity contribution in [3.8, 4) is 0 Å². The van der Waals surface area contributed by atoms with Gasteiger partial charge < -0.3 is 10.6 Å². The molecule has 1 aromatic heterocycles. The lowest BCUT2D eigenvalue weighted by molar-refractivity contribution is -0.132. The molecular weight excluding hydrogens is 460 g/mol. The van der Waals surface area contributed by atoms with Gasteiger partial charge in [-0.25, -0.2) is 8.42 Å². The SMILES string of the molecule is CSCC[C@H](NC(=O)C1CCCN(S(=O)(=O)c2ccccc2)C1)C(=O)NCc1cccnc1. The maximum atomic E-state index is 13.0. The Kier molecular flexibility index (Phi) is 9.28. The smallest absolute Gasteiger partial charge is 0.243 e. The van der Waals surface area contributed by atoms with Crippen molar-refractivity contribution in [2.24, 2.45) is 5.92 Å². The third-order valence-corrected chi connectivity index (χ3v) is 8.09. The second-order valence-electron chi connectivity index (χ2n) is 7.94. The molecule has 1 aliphatic rings. The van der Waals surface area contributed by atoms with Crippen LogP contribution in [0, 0.1) is 5.92 Å². The van der Waals surface area contributed by atoms with Crippen LogP contribution in [0.15, 0.2) is 59.8 Å². The maximum Gasteiger partial charge on any atom is 0.243 e. The highest BCUT2D eigenvalue weighted by Crippen LogP contribution is 2.24. The number of carbonyl (C=O) groups excluding carboxylic acids is 2. The van der Waals surface area contributed by atoms with E-state index in [1.807, 2.05) is 12.3 Å². The molecule has 2 N–H and O–H groups in total. The summed E-state index contributed by atoms with van der Waals surface area (Å²) in [6.07, 6.45) is 6.95. The Bertz CT molecular complexity index is 1020. The van der Waals surface area contributed by atoms with Crippen LogP contribution in [-0.2, 0) is 26.2 Å². The lowest BCUT2D eigenvalue weighted by Crippen LogP contribution is -2.51. The topological polar surface area (TPSA) is 108 Å². The molecule has 33 heavy (non-hydrogen) atoms. The highest BCUT2D eigenvalue weighted by atomic mass is 32.2. The predicted octanol–water partition coefficient (Wildman–Crippen LogP) is 2.04. The molecule has 178 valence electrons. The van der Waals surface area contributed by atoms with Crippen LogP contribution in [-0.4, -0.2) is 60.7 Å². The average molecular weight is 491 g/mol. The van der Waals surface area contributed by atoms with Gasteiger partial charge in [0, 0.05) is 32.0 Å². The Balaban J connectivity index is 1.62. The predicted molar refractivity (Wildman–Crippen MR) is 129 cm³/mol. The fourth-order valence-electron chi connectivity index (χ4n) is 3.73. The van der Waals surface area contributed by atoms with Crippen molar-refractivity contribution >= 4 is 33.6 Å². The molecule has 2 amide bonds. The molecule has 1 aromatic carbocycles. The van der Waals surface area contributed by atoms with Crippen molar-refractivity contribution in [1.82, 2.24) is 19.9 Å². The van der Waals surface area contributed by atoms with E-state index in [9.17, 15) is 18.0 Å². The Hall–Kier alpha value is -2.43. The fraction of sp³-hybridized carbons (Fsp3) is 0.435. The largest absolute Gasteiger partial charge is 0.350 e.